The second-order valence-electron chi connectivity index (χ2n) is 5.32. The summed E-state index contributed by atoms with van der Waals surface area (Å²) in [7, 11) is 0. The molecule has 0 aromatic carbocycles. The molecule has 0 saturated carbocycles. The maximum atomic E-state index is 11.8. The Morgan fingerprint density at radius 2 is 1.81 bits per heavy atom. The molecular formula is C17H28O4. The molecule has 21 heavy (non-hydrogen) atoms. The van der Waals surface area contributed by atoms with E-state index in [9.17, 15) is 9.59 Å². The van der Waals surface area contributed by atoms with Crippen LogP contribution in [0, 0.1) is 5.41 Å². The van der Waals surface area contributed by atoms with Crippen LogP contribution in [0.4, 0.5) is 0 Å². The van der Waals surface area contributed by atoms with E-state index in [1.165, 1.54) is 0 Å². The summed E-state index contributed by atoms with van der Waals surface area (Å²) in [5.74, 6) is -0.762. The van der Waals surface area contributed by atoms with Gasteiger partial charge in [0.2, 0.25) is 0 Å². The van der Waals surface area contributed by atoms with E-state index in [0.29, 0.717) is 5.57 Å². The van der Waals surface area contributed by atoms with Crippen molar-refractivity contribution in [1.29, 1.82) is 0 Å². The van der Waals surface area contributed by atoms with E-state index in [-0.39, 0.29) is 24.6 Å². The van der Waals surface area contributed by atoms with Gasteiger partial charge in [0.25, 0.3) is 0 Å². The maximum Gasteiger partial charge on any atom is 0.333 e. The molecule has 0 aromatic heterocycles. The van der Waals surface area contributed by atoms with Crippen LogP contribution in [0.3, 0.4) is 0 Å². The number of hydrogen-bond donors (Lipinski definition) is 0. The van der Waals surface area contributed by atoms with Crippen LogP contribution in [0.15, 0.2) is 24.3 Å². The van der Waals surface area contributed by atoms with Gasteiger partial charge in [-0.2, -0.15) is 0 Å². The van der Waals surface area contributed by atoms with Crippen LogP contribution < -0.4 is 0 Å². The molecular weight excluding hydrogens is 268 g/mol. The van der Waals surface area contributed by atoms with Crippen molar-refractivity contribution in [2.45, 2.75) is 53.4 Å². The van der Waals surface area contributed by atoms with Crippen LogP contribution in [0.5, 0.6) is 0 Å². The predicted octanol–water partition coefficient (Wildman–Crippen LogP) is 3.81. The average Bonchev–Trinajstić information content (AvgIpc) is 2.53. The molecule has 1 atom stereocenters. The minimum atomic E-state index is -0.444. The van der Waals surface area contributed by atoms with Crippen LogP contribution in [0.2, 0.25) is 0 Å². The number of hydrogen-bond acceptors (Lipinski definition) is 4. The fraction of sp³-hybridized carbons (Fsp3) is 0.647. The zero-order valence-electron chi connectivity index (χ0n) is 13.7. The summed E-state index contributed by atoms with van der Waals surface area (Å²) in [6, 6.07) is 0. The summed E-state index contributed by atoms with van der Waals surface area (Å²) in [6.07, 6.45) is 6.54. The van der Waals surface area contributed by atoms with Gasteiger partial charge < -0.3 is 9.47 Å². The molecule has 0 aliphatic heterocycles. The minimum absolute atomic E-state index is 0.247. The Bertz CT molecular complexity index is 384. The summed E-state index contributed by atoms with van der Waals surface area (Å²) in [5.41, 5.74) is 0.261. The van der Waals surface area contributed by atoms with Crippen molar-refractivity contribution in [1.82, 2.24) is 0 Å². The molecule has 0 amide bonds. The first kappa shape index (κ1) is 19.4. The van der Waals surface area contributed by atoms with E-state index in [2.05, 4.69) is 13.5 Å². The van der Waals surface area contributed by atoms with Crippen molar-refractivity contribution in [3.05, 3.63) is 24.3 Å². The molecule has 0 fully saturated rings. The lowest BCUT2D eigenvalue weighted by Crippen LogP contribution is -2.34. The fourth-order valence-electron chi connectivity index (χ4n) is 1.85. The van der Waals surface area contributed by atoms with E-state index >= 15 is 0 Å². The summed E-state index contributed by atoms with van der Waals surface area (Å²) < 4.78 is 10.6. The molecule has 4 nitrogen and oxygen atoms in total. The Balaban J connectivity index is 4.79. The second kappa shape index (κ2) is 10.2. The topological polar surface area (TPSA) is 52.6 Å². The van der Waals surface area contributed by atoms with Crippen molar-refractivity contribution in [2.24, 2.45) is 5.41 Å². The third-order valence-electron chi connectivity index (χ3n) is 3.76. The Kier molecular flexibility index (Phi) is 9.42. The molecule has 0 saturated heterocycles. The molecule has 0 rings (SSSR count). The van der Waals surface area contributed by atoms with Gasteiger partial charge in [-0.3, -0.25) is 0 Å². The molecule has 1 unspecified atom stereocenters. The molecule has 0 N–H and O–H groups in total. The molecule has 0 bridgehead atoms. The van der Waals surface area contributed by atoms with Crippen LogP contribution in [0.1, 0.15) is 53.4 Å². The molecule has 0 aromatic rings. The number of esters is 2. The van der Waals surface area contributed by atoms with Crippen LogP contribution in [-0.2, 0) is 19.1 Å². The van der Waals surface area contributed by atoms with E-state index in [1.54, 1.807) is 19.9 Å². The summed E-state index contributed by atoms with van der Waals surface area (Å²) in [5, 5.41) is 0. The van der Waals surface area contributed by atoms with Crippen LogP contribution >= 0.6 is 0 Å². The van der Waals surface area contributed by atoms with Crippen molar-refractivity contribution in [3.8, 4) is 0 Å². The largest absolute Gasteiger partial charge is 0.462 e. The Morgan fingerprint density at radius 3 is 2.29 bits per heavy atom. The van der Waals surface area contributed by atoms with Gasteiger partial charge in [-0.1, -0.05) is 39.3 Å². The van der Waals surface area contributed by atoms with Crippen LogP contribution in [-0.4, -0.2) is 25.2 Å². The van der Waals surface area contributed by atoms with E-state index in [4.69, 9.17) is 9.47 Å². The van der Waals surface area contributed by atoms with E-state index in [1.807, 2.05) is 6.92 Å². The molecule has 120 valence electrons. The number of carbonyl (C=O) groups excluding carboxylic acids is 2. The molecule has 0 radical (unpaired) electrons. The molecule has 4 heteroatoms. The molecule has 0 spiro atoms. The highest BCUT2D eigenvalue weighted by molar-refractivity contribution is 5.87. The van der Waals surface area contributed by atoms with Gasteiger partial charge in [-0.15, -0.1) is 0 Å². The van der Waals surface area contributed by atoms with Crippen LogP contribution in [0.25, 0.3) is 0 Å². The lowest BCUT2D eigenvalue weighted by molar-refractivity contribution is -0.149. The summed E-state index contributed by atoms with van der Waals surface area (Å²) >= 11 is 0. The summed E-state index contributed by atoms with van der Waals surface area (Å²) in [6.45, 7) is 11.5. The van der Waals surface area contributed by atoms with Crippen molar-refractivity contribution < 1.29 is 19.1 Å². The van der Waals surface area contributed by atoms with Gasteiger partial charge in [0.05, 0.1) is 0 Å². The van der Waals surface area contributed by atoms with Gasteiger partial charge >= 0.3 is 11.9 Å². The number of unbranched alkanes of at least 4 members (excludes halogenated alkanes) is 1. The van der Waals surface area contributed by atoms with Gasteiger partial charge in [0.1, 0.15) is 13.2 Å². The molecule has 0 heterocycles. The number of carbonyl (C=O) groups is 2. The average molecular weight is 296 g/mol. The second-order valence-corrected chi connectivity index (χ2v) is 5.32. The standard InChI is InChI=1S/C17H28O4/c1-6-10-11-17(9-4,12-20-15(18)8-3)13-21-16(19)14(5)7-2/h7-8H,3,6,9-13H2,1-2,4-5H3. The zero-order valence-corrected chi connectivity index (χ0v) is 13.7. The monoisotopic (exact) mass is 296 g/mol. The van der Waals surface area contributed by atoms with Gasteiger partial charge in [0.15, 0.2) is 0 Å². The van der Waals surface area contributed by atoms with E-state index in [0.717, 1.165) is 31.8 Å². The Hall–Kier alpha value is -1.58. The Labute approximate surface area is 128 Å². The van der Waals surface area contributed by atoms with Gasteiger partial charge in [-0.05, 0) is 26.7 Å². The Morgan fingerprint density at radius 1 is 1.19 bits per heavy atom. The zero-order chi connectivity index (χ0) is 16.3. The highest BCUT2D eigenvalue weighted by atomic mass is 16.5. The fourth-order valence-corrected chi connectivity index (χ4v) is 1.85. The van der Waals surface area contributed by atoms with Crippen molar-refractivity contribution >= 4 is 11.9 Å². The highest BCUT2D eigenvalue weighted by Gasteiger charge is 2.31. The van der Waals surface area contributed by atoms with Crippen molar-refractivity contribution in [2.75, 3.05) is 13.2 Å². The number of rotatable bonds is 10. The molecule has 0 aliphatic rings. The lowest BCUT2D eigenvalue weighted by atomic mass is 9.81. The first-order chi connectivity index (χ1) is 9.94. The number of allylic oxidation sites excluding steroid dienone is 1. The lowest BCUT2D eigenvalue weighted by Gasteiger charge is -2.31. The quantitative estimate of drug-likeness (QED) is 0.454. The first-order valence-corrected chi connectivity index (χ1v) is 7.54. The maximum absolute atomic E-state index is 11.8. The van der Waals surface area contributed by atoms with Gasteiger partial charge in [0, 0.05) is 17.1 Å². The molecule has 0 aliphatic carbocycles. The van der Waals surface area contributed by atoms with E-state index < -0.39 is 5.97 Å². The SMILES string of the molecule is C=CC(=O)OCC(CC)(CCCC)COC(=O)C(C)=CC. The third kappa shape index (κ3) is 7.11. The van der Waals surface area contributed by atoms with Crippen molar-refractivity contribution in [3.63, 3.8) is 0 Å². The summed E-state index contributed by atoms with van der Waals surface area (Å²) in [4.78, 5) is 23.1. The predicted molar refractivity (Wildman–Crippen MR) is 83.8 cm³/mol. The minimum Gasteiger partial charge on any atom is -0.462 e. The number of ether oxygens (including phenoxy) is 2. The normalized spacial score (nSPS) is 14.2. The van der Waals surface area contributed by atoms with Gasteiger partial charge in [-0.25, -0.2) is 9.59 Å². The highest BCUT2D eigenvalue weighted by Crippen LogP contribution is 2.30. The smallest absolute Gasteiger partial charge is 0.333 e. The first-order valence-electron chi connectivity index (χ1n) is 7.54. The third-order valence-corrected chi connectivity index (χ3v) is 3.76.